The predicted molar refractivity (Wildman–Crippen MR) is 122 cm³/mol. The number of carbonyl (C=O) groups excluding carboxylic acids is 2. The summed E-state index contributed by atoms with van der Waals surface area (Å²) in [6.07, 6.45) is 3.67. The summed E-state index contributed by atoms with van der Waals surface area (Å²) in [5.41, 5.74) is 0. The van der Waals surface area contributed by atoms with Gasteiger partial charge in [-0.05, 0) is 61.4 Å². The van der Waals surface area contributed by atoms with Crippen LogP contribution in [0.4, 0.5) is 0 Å². The van der Waals surface area contributed by atoms with Crippen molar-refractivity contribution in [3.8, 4) is 11.5 Å². The fourth-order valence-corrected chi connectivity index (χ4v) is 3.86. The average molecular weight is 540 g/mol. The van der Waals surface area contributed by atoms with Crippen LogP contribution in [0.25, 0.3) is 0 Å². The van der Waals surface area contributed by atoms with E-state index in [9.17, 15) is 9.59 Å². The summed E-state index contributed by atoms with van der Waals surface area (Å²) in [5.74, 6) is 0.865. The molecule has 3 rings (SSSR count). The Hall–Kier alpha value is -2.06. The molecule has 1 aliphatic carbocycles. The average Bonchev–Trinajstić information content (AvgIpc) is 2.74. The van der Waals surface area contributed by atoms with Gasteiger partial charge in [-0.25, -0.2) is 0 Å². The predicted octanol–water partition coefficient (Wildman–Crippen LogP) is 4.21. The summed E-state index contributed by atoms with van der Waals surface area (Å²) in [5, 5.41) is 6.00. The molecule has 0 spiro atoms. The van der Waals surface area contributed by atoms with Crippen molar-refractivity contribution in [3.05, 3.63) is 57.5 Å². The summed E-state index contributed by atoms with van der Waals surface area (Å²) >= 11 is 6.73. The Labute approximate surface area is 193 Å². The molecule has 0 heterocycles. The molecule has 2 amide bonds. The molecule has 2 unspecified atom stereocenters. The maximum absolute atomic E-state index is 12.3. The summed E-state index contributed by atoms with van der Waals surface area (Å²) in [6, 6.07) is 14.4. The lowest BCUT2D eigenvalue weighted by atomic mass is 9.90. The Kier molecular flexibility index (Phi) is 8.57. The van der Waals surface area contributed by atoms with Gasteiger partial charge in [0, 0.05) is 21.0 Å². The topological polar surface area (TPSA) is 76.7 Å². The van der Waals surface area contributed by atoms with Crippen molar-refractivity contribution in [1.82, 2.24) is 10.6 Å². The quantitative estimate of drug-likeness (QED) is 0.526. The van der Waals surface area contributed by atoms with Crippen LogP contribution in [-0.2, 0) is 9.59 Å². The van der Waals surface area contributed by atoms with Crippen LogP contribution in [0, 0.1) is 0 Å². The molecular formula is C22H24Br2N2O4. The Morgan fingerprint density at radius 1 is 0.733 bits per heavy atom. The lowest BCUT2D eigenvalue weighted by Crippen LogP contribution is -2.54. The highest BCUT2D eigenvalue weighted by molar-refractivity contribution is 9.10. The van der Waals surface area contributed by atoms with Crippen LogP contribution < -0.4 is 20.1 Å². The third-order valence-corrected chi connectivity index (χ3v) is 5.88. The van der Waals surface area contributed by atoms with Crippen molar-refractivity contribution >= 4 is 43.7 Å². The van der Waals surface area contributed by atoms with E-state index in [4.69, 9.17) is 9.47 Å². The van der Waals surface area contributed by atoms with Gasteiger partial charge in [-0.2, -0.15) is 0 Å². The molecule has 6 nitrogen and oxygen atoms in total. The molecule has 30 heavy (non-hydrogen) atoms. The van der Waals surface area contributed by atoms with Gasteiger partial charge in [-0.15, -0.1) is 0 Å². The molecule has 0 saturated heterocycles. The van der Waals surface area contributed by atoms with Gasteiger partial charge in [0.15, 0.2) is 13.2 Å². The molecule has 2 aromatic carbocycles. The van der Waals surface area contributed by atoms with E-state index >= 15 is 0 Å². The molecule has 0 radical (unpaired) electrons. The minimum Gasteiger partial charge on any atom is -0.484 e. The van der Waals surface area contributed by atoms with Gasteiger partial charge in [0.05, 0.1) is 0 Å². The Bertz CT molecular complexity index is 772. The summed E-state index contributed by atoms with van der Waals surface area (Å²) in [6.45, 7) is -0.128. The third-order valence-electron chi connectivity index (χ3n) is 4.83. The fraction of sp³-hybridized carbons (Fsp3) is 0.364. The van der Waals surface area contributed by atoms with Crippen molar-refractivity contribution < 1.29 is 19.1 Å². The van der Waals surface area contributed by atoms with Crippen molar-refractivity contribution in [3.63, 3.8) is 0 Å². The maximum atomic E-state index is 12.3. The van der Waals surface area contributed by atoms with Gasteiger partial charge in [0.2, 0.25) is 0 Å². The van der Waals surface area contributed by atoms with E-state index in [0.717, 1.165) is 34.6 Å². The number of carbonyl (C=O) groups is 2. The van der Waals surface area contributed by atoms with Gasteiger partial charge in [-0.1, -0.05) is 44.7 Å². The second-order valence-corrected chi connectivity index (χ2v) is 8.95. The number of ether oxygens (including phenoxy) is 2. The van der Waals surface area contributed by atoms with Crippen molar-refractivity contribution in [2.24, 2.45) is 0 Å². The lowest BCUT2D eigenvalue weighted by Gasteiger charge is -2.32. The molecule has 160 valence electrons. The SMILES string of the molecule is O=C(COc1ccc(Br)cc1)NC1CCCCC1NC(=O)COc1ccc(Br)cc1. The summed E-state index contributed by atoms with van der Waals surface area (Å²) in [4.78, 5) is 24.7. The Morgan fingerprint density at radius 2 is 1.10 bits per heavy atom. The molecule has 0 aromatic heterocycles. The van der Waals surface area contributed by atoms with Gasteiger partial charge in [-0.3, -0.25) is 9.59 Å². The molecular weight excluding hydrogens is 516 g/mol. The number of rotatable bonds is 8. The zero-order chi connectivity index (χ0) is 21.3. The van der Waals surface area contributed by atoms with E-state index in [-0.39, 0.29) is 37.1 Å². The van der Waals surface area contributed by atoms with Crippen molar-refractivity contribution in [2.45, 2.75) is 37.8 Å². The van der Waals surface area contributed by atoms with Crippen LogP contribution in [0.15, 0.2) is 57.5 Å². The highest BCUT2D eigenvalue weighted by atomic mass is 79.9. The number of nitrogens with one attached hydrogen (secondary N) is 2. The first-order valence-corrected chi connectivity index (χ1v) is 11.4. The van der Waals surface area contributed by atoms with Crippen LogP contribution in [-0.4, -0.2) is 37.1 Å². The summed E-state index contributed by atoms with van der Waals surface area (Å²) < 4.78 is 13.0. The molecule has 0 bridgehead atoms. The smallest absolute Gasteiger partial charge is 0.258 e. The lowest BCUT2D eigenvalue weighted by molar-refractivity contribution is -0.127. The van der Waals surface area contributed by atoms with Gasteiger partial charge >= 0.3 is 0 Å². The van der Waals surface area contributed by atoms with E-state index in [1.807, 2.05) is 24.3 Å². The molecule has 0 aliphatic heterocycles. The molecule has 1 aliphatic rings. The third kappa shape index (κ3) is 7.32. The second kappa shape index (κ2) is 11.4. The zero-order valence-corrected chi connectivity index (χ0v) is 19.6. The number of amides is 2. The monoisotopic (exact) mass is 538 g/mol. The maximum Gasteiger partial charge on any atom is 0.258 e. The number of benzene rings is 2. The fourth-order valence-electron chi connectivity index (χ4n) is 3.33. The molecule has 2 atom stereocenters. The normalized spacial score (nSPS) is 18.3. The Morgan fingerprint density at radius 3 is 1.47 bits per heavy atom. The van der Waals surface area contributed by atoms with Crippen LogP contribution in [0.2, 0.25) is 0 Å². The van der Waals surface area contributed by atoms with E-state index in [2.05, 4.69) is 42.5 Å². The van der Waals surface area contributed by atoms with Crippen LogP contribution >= 0.6 is 31.9 Å². The minimum absolute atomic E-state index is 0.0640. The zero-order valence-electron chi connectivity index (χ0n) is 16.4. The number of hydrogen-bond acceptors (Lipinski definition) is 4. The van der Waals surface area contributed by atoms with E-state index in [0.29, 0.717) is 11.5 Å². The molecule has 1 fully saturated rings. The van der Waals surface area contributed by atoms with E-state index in [1.165, 1.54) is 0 Å². The van der Waals surface area contributed by atoms with Crippen LogP contribution in [0.3, 0.4) is 0 Å². The van der Waals surface area contributed by atoms with Crippen LogP contribution in [0.1, 0.15) is 25.7 Å². The van der Waals surface area contributed by atoms with Crippen molar-refractivity contribution in [2.75, 3.05) is 13.2 Å². The first-order valence-electron chi connectivity index (χ1n) is 9.85. The molecule has 2 aromatic rings. The summed E-state index contributed by atoms with van der Waals surface area (Å²) in [7, 11) is 0. The van der Waals surface area contributed by atoms with Crippen molar-refractivity contribution in [1.29, 1.82) is 0 Å². The minimum atomic E-state index is -0.199. The van der Waals surface area contributed by atoms with E-state index in [1.54, 1.807) is 24.3 Å². The standard InChI is InChI=1S/C22H24Br2N2O4/c23-15-5-9-17(10-6-15)29-13-21(27)25-19-3-1-2-4-20(19)26-22(28)14-30-18-11-7-16(24)8-12-18/h5-12,19-20H,1-4,13-14H2,(H,25,27)(H,26,28). The highest BCUT2D eigenvalue weighted by Crippen LogP contribution is 2.20. The van der Waals surface area contributed by atoms with Gasteiger partial charge < -0.3 is 20.1 Å². The molecule has 1 saturated carbocycles. The number of hydrogen-bond donors (Lipinski definition) is 2. The van der Waals surface area contributed by atoms with Gasteiger partial charge in [0.1, 0.15) is 11.5 Å². The molecule has 8 heteroatoms. The number of halogens is 2. The highest BCUT2D eigenvalue weighted by Gasteiger charge is 2.28. The largest absolute Gasteiger partial charge is 0.484 e. The second-order valence-electron chi connectivity index (χ2n) is 7.12. The first-order chi connectivity index (χ1) is 14.5. The first kappa shape index (κ1) is 22.6. The van der Waals surface area contributed by atoms with E-state index < -0.39 is 0 Å². The molecule has 2 N–H and O–H groups in total. The van der Waals surface area contributed by atoms with Gasteiger partial charge in [0.25, 0.3) is 11.8 Å². The Balaban J connectivity index is 1.45. The van der Waals surface area contributed by atoms with Crippen LogP contribution in [0.5, 0.6) is 11.5 Å².